The van der Waals surface area contributed by atoms with Crippen LogP contribution in [0.15, 0.2) is 70.7 Å². The average Bonchev–Trinajstić information content (AvgIpc) is 3.71. The zero-order chi connectivity index (χ0) is 45.9. The molecule has 4 aromatic heterocycles. The highest BCUT2D eigenvalue weighted by molar-refractivity contribution is 7.90. The van der Waals surface area contributed by atoms with Gasteiger partial charge in [-0.1, -0.05) is 60.8 Å². The lowest BCUT2D eigenvalue weighted by atomic mass is 9.89. The van der Waals surface area contributed by atoms with E-state index in [9.17, 15) is 26.4 Å². The van der Waals surface area contributed by atoms with E-state index < -0.39 is 31.9 Å². The molecule has 3 aliphatic rings. The number of pyridine rings is 4. The Hall–Kier alpha value is -4.29. The summed E-state index contributed by atoms with van der Waals surface area (Å²) in [7, 11) is -8.37. The molecule has 2 aliphatic heterocycles. The summed E-state index contributed by atoms with van der Waals surface area (Å²) in [6.45, 7) is 13.7. The number of rotatable bonds is 8. The van der Waals surface area contributed by atoms with Crippen molar-refractivity contribution in [2.75, 3.05) is 22.1 Å². The predicted molar refractivity (Wildman–Crippen MR) is 247 cm³/mol. The van der Waals surface area contributed by atoms with Crippen LogP contribution in [0.2, 0.25) is 15.5 Å². The first-order valence-electron chi connectivity index (χ1n) is 20.9. The van der Waals surface area contributed by atoms with Crippen LogP contribution in [0.5, 0.6) is 0 Å². The van der Waals surface area contributed by atoms with Gasteiger partial charge >= 0.3 is 0 Å². The summed E-state index contributed by atoms with van der Waals surface area (Å²) < 4.78 is 55.2. The van der Waals surface area contributed by atoms with Crippen LogP contribution in [0.25, 0.3) is 0 Å². The molecule has 4 aromatic rings. The van der Waals surface area contributed by atoms with Crippen molar-refractivity contribution in [3.05, 3.63) is 87.2 Å². The standard InChI is InChI=1S/C22H28Cl2N4O3S.C21H26ClN5O3S/c1-14(7-8-15-11-12-22(2,3)13-15)25-18-5-4-6-19(27-18)32(30,31)28-21(29)16-9-10-17(23)26-20(16)24;1-13-7-8-14-11-21(2,3)27(12-14)19-15(9-10-16(22)24-19)20(28)26-31(29,30)18-6-4-5-17(23-13)25-18/h4-6,9-10,14-15H,7-8,11-13H2,1-3H3,(H,25,27)(H,28,29);4-6,9-10,13-14H,7-8,11-12H2,1-3H3,(H,23,25)(H,26,28). The molecule has 0 radical (unpaired) electrons. The Balaban J connectivity index is 0.000000210. The first-order valence-corrected chi connectivity index (χ1v) is 25.0. The van der Waals surface area contributed by atoms with Crippen LogP contribution in [-0.2, 0) is 20.0 Å². The minimum atomic E-state index is -4.20. The smallest absolute Gasteiger partial charge is 0.281 e. The van der Waals surface area contributed by atoms with Crippen LogP contribution < -0.4 is 25.0 Å². The molecule has 2 fully saturated rings. The normalized spacial score (nSPS) is 21.8. The Morgan fingerprint density at radius 3 is 2.35 bits per heavy atom. The molecule has 1 saturated heterocycles. The third kappa shape index (κ3) is 12.5. The Kier molecular flexibility index (Phi) is 14.9. The van der Waals surface area contributed by atoms with E-state index in [4.69, 9.17) is 34.8 Å². The Labute approximate surface area is 385 Å². The molecule has 2 amide bonds. The Bertz CT molecular complexity index is 2560. The van der Waals surface area contributed by atoms with Gasteiger partial charge in [-0.2, -0.15) is 16.8 Å². The van der Waals surface area contributed by atoms with E-state index in [1.165, 1.54) is 55.7 Å². The quantitative estimate of drug-likeness (QED) is 0.122. The van der Waals surface area contributed by atoms with Crippen molar-refractivity contribution in [3.8, 4) is 0 Å². The van der Waals surface area contributed by atoms with Gasteiger partial charge in [0, 0.05) is 24.2 Å². The summed E-state index contributed by atoms with van der Waals surface area (Å²) in [5, 5.41) is 6.21. The maximum Gasteiger partial charge on any atom is 0.281 e. The third-order valence-electron chi connectivity index (χ3n) is 11.7. The van der Waals surface area contributed by atoms with Gasteiger partial charge in [0.15, 0.2) is 10.1 Å². The van der Waals surface area contributed by atoms with E-state index in [1.54, 1.807) is 24.3 Å². The molecule has 4 bridgehead atoms. The summed E-state index contributed by atoms with van der Waals surface area (Å²) in [5.74, 6) is 0.762. The number of sulfonamides is 2. The van der Waals surface area contributed by atoms with Crippen molar-refractivity contribution in [3.63, 3.8) is 0 Å². The lowest BCUT2D eigenvalue weighted by molar-refractivity contribution is 0.0972. The molecule has 1 aliphatic carbocycles. The summed E-state index contributed by atoms with van der Waals surface area (Å²) in [6.07, 6.45) is 8.69. The van der Waals surface area contributed by atoms with Crippen molar-refractivity contribution in [1.29, 1.82) is 0 Å². The summed E-state index contributed by atoms with van der Waals surface area (Å²) in [5.41, 5.74) is 0.245. The molecule has 6 heterocycles. The lowest BCUT2D eigenvalue weighted by Gasteiger charge is -2.33. The maximum atomic E-state index is 13.1. The number of amides is 2. The second kappa shape index (κ2) is 19.4. The van der Waals surface area contributed by atoms with Gasteiger partial charge in [-0.05, 0) is 145 Å². The highest BCUT2D eigenvalue weighted by atomic mass is 35.5. The van der Waals surface area contributed by atoms with Crippen molar-refractivity contribution >= 4 is 84.1 Å². The largest absolute Gasteiger partial charge is 0.368 e. The number of nitrogens with one attached hydrogen (secondary N) is 4. The van der Waals surface area contributed by atoms with Gasteiger partial charge in [0.2, 0.25) is 0 Å². The number of hydrogen-bond donors (Lipinski definition) is 4. The summed E-state index contributed by atoms with van der Waals surface area (Å²) >= 11 is 17.8. The van der Waals surface area contributed by atoms with Crippen LogP contribution in [0.3, 0.4) is 0 Å². The predicted octanol–water partition coefficient (Wildman–Crippen LogP) is 8.76. The highest BCUT2D eigenvalue weighted by Gasteiger charge is 2.41. The average molecular weight is 963 g/mol. The summed E-state index contributed by atoms with van der Waals surface area (Å²) in [4.78, 5) is 44.1. The number of anilines is 3. The molecule has 340 valence electrons. The van der Waals surface area contributed by atoms with Crippen LogP contribution in [0, 0.1) is 17.3 Å². The molecular formula is C43H54Cl3N9O6S2. The number of aromatic nitrogens is 4. The number of carbonyl (C=O) groups is 2. The Morgan fingerprint density at radius 1 is 0.921 bits per heavy atom. The zero-order valence-electron chi connectivity index (χ0n) is 36.1. The number of fused-ring (bicyclic) bond motifs is 6. The molecule has 4 N–H and O–H groups in total. The van der Waals surface area contributed by atoms with Gasteiger partial charge in [-0.3, -0.25) is 9.59 Å². The molecule has 0 spiro atoms. The highest BCUT2D eigenvalue weighted by Crippen LogP contribution is 2.43. The number of halogens is 3. The van der Waals surface area contributed by atoms with Gasteiger partial charge in [0.1, 0.15) is 32.9 Å². The van der Waals surface area contributed by atoms with Crippen molar-refractivity contribution in [1.82, 2.24) is 29.4 Å². The van der Waals surface area contributed by atoms with Gasteiger partial charge in [-0.15, -0.1) is 0 Å². The van der Waals surface area contributed by atoms with E-state index in [0.717, 1.165) is 38.0 Å². The van der Waals surface area contributed by atoms with Crippen LogP contribution in [0.4, 0.5) is 17.5 Å². The molecule has 15 nitrogen and oxygen atoms in total. The second-order valence-corrected chi connectivity index (χ2v) is 22.5. The number of hydrogen-bond acceptors (Lipinski definition) is 13. The van der Waals surface area contributed by atoms with E-state index in [2.05, 4.69) is 81.7 Å². The van der Waals surface area contributed by atoms with Crippen molar-refractivity contribution in [2.24, 2.45) is 17.3 Å². The fraction of sp³-hybridized carbons (Fsp3) is 0.488. The van der Waals surface area contributed by atoms with Crippen molar-refractivity contribution < 1.29 is 26.4 Å². The lowest BCUT2D eigenvalue weighted by Crippen LogP contribution is -2.41. The van der Waals surface area contributed by atoms with Crippen LogP contribution in [0.1, 0.15) is 114 Å². The van der Waals surface area contributed by atoms with E-state index in [-0.39, 0.29) is 54.3 Å². The zero-order valence-corrected chi connectivity index (χ0v) is 40.0. The fourth-order valence-electron chi connectivity index (χ4n) is 8.54. The van der Waals surface area contributed by atoms with E-state index in [1.807, 2.05) is 4.72 Å². The van der Waals surface area contributed by atoms with E-state index in [0.29, 0.717) is 35.3 Å². The van der Waals surface area contributed by atoms with Gasteiger partial charge in [0.05, 0.1) is 11.1 Å². The Morgan fingerprint density at radius 2 is 1.63 bits per heavy atom. The molecular weight excluding hydrogens is 909 g/mol. The number of carbonyl (C=O) groups excluding carboxylic acids is 2. The van der Waals surface area contributed by atoms with Gasteiger partial charge < -0.3 is 15.5 Å². The first kappa shape index (κ1) is 48.2. The molecule has 1 saturated carbocycles. The molecule has 63 heavy (non-hydrogen) atoms. The SMILES string of the molecule is CC(CCC1CCC(C)(C)C1)Nc1cccc(S(=O)(=O)NC(=O)c2ccc(Cl)nc2Cl)n1.CC1CCC2CN(c3nc(Cl)ccc3C(=O)NS(=O)(=O)c3cccc(n3)N1)C(C)(C)C2. The number of nitrogens with zero attached hydrogens (tertiary/aromatic N) is 5. The minimum absolute atomic E-state index is 0.0978. The molecule has 7 rings (SSSR count). The van der Waals surface area contributed by atoms with Gasteiger partial charge in [-0.25, -0.2) is 29.4 Å². The van der Waals surface area contributed by atoms with Crippen LogP contribution >= 0.6 is 34.8 Å². The second-order valence-electron chi connectivity index (χ2n) is 18.1. The van der Waals surface area contributed by atoms with E-state index >= 15 is 0 Å². The monoisotopic (exact) mass is 961 g/mol. The fourth-order valence-corrected chi connectivity index (χ4v) is 11.0. The maximum absolute atomic E-state index is 13.1. The minimum Gasteiger partial charge on any atom is -0.368 e. The molecule has 20 heteroatoms. The molecule has 4 unspecified atom stereocenters. The summed E-state index contributed by atoms with van der Waals surface area (Å²) in [6, 6.07) is 15.2. The van der Waals surface area contributed by atoms with Crippen LogP contribution in [-0.4, -0.2) is 72.8 Å². The van der Waals surface area contributed by atoms with Gasteiger partial charge in [0.25, 0.3) is 31.9 Å². The van der Waals surface area contributed by atoms with Crippen molar-refractivity contribution in [2.45, 2.75) is 121 Å². The molecule has 4 atom stereocenters. The topological polar surface area (TPSA) is 205 Å². The third-order valence-corrected chi connectivity index (χ3v) is 14.9. The first-order chi connectivity index (χ1) is 29.5. The molecule has 0 aromatic carbocycles.